The van der Waals surface area contributed by atoms with E-state index in [0.29, 0.717) is 17.8 Å². The Morgan fingerprint density at radius 3 is 2.61 bits per heavy atom. The van der Waals surface area contributed by atoms with Gasteiger partial charge < -0.3 is 5.11 Å². The van der Waals surface area contributed by atoms with Gasteiger partial charge in [0.15, 0.2) is 0 Å². The summed E-state index contributed by atoms with van der Waals surface area (Å²) in [6.45, 7) is 1.98. The Bertz CT molecular complexity index is 1140. The van der Waals surface area contributed by atoms with Crippen LogP contribution >= 0.6 is 0 Å². The van der Waals surface area contributed by atoms with Crippen molar-refractivity contribution in [2.45, 2.75) is 19.4 Å². The number of nitrogens with one attached hydrogen (secondary N) is 3. The standard InChI is InChI=1S/C23H21N5O.CH4O/c1-15-2-9-22(24)28(27-15)23(25)11-17-5-8-21-19(10-17)12-20(13-26-21)18-6-3-16(14-29)4-7-18;1-2/h2-10,12-15,24-25,27H,11H2,1H3;2H,1H3. The number of hydrogen-bond acceptors (Lipinski definition) is 6. The number of pyridine rings is 1. The first-order valence-electron chi connectivity index (χ1n) is 9.83. The second kappa shape index (κ2) is 9.88. The highest BCUT2D eigenvalue weighted by atomic mass is 16.2. The van der Waals surface area contributed by atoms with Crippen molar-refractivity contribution in [1.29, 1.82) is 10.8 Å². The van der Waals surface area contributed by atoms with Crippen molar-refractivity contribution in [1.82, 2.24) is 15.4 Å². The Morgan fingerprint density at radius 1 is 1.16 bits per heavy atom. The minimum Gasteiger partial charge on any atom is -0.400 e. The zero-order valence-electron chi connectivity index (χ0n) is 17.5. The Labute approximate surface area is 181 Å². The molecule has 158 valence electrons. The first kappa shape index (κ1) is 22.0. The Hall–Kier alpha value is -3.68. The van der Waals surface area contributed by atoms with E-state index in [-0.39, 0.29) is 11.9 Å². The SMILES string of the molecule is CC1C=CC(=N)N(C(=N)Cc2ccc3ncc(-c4ccc(C=O)cc4)cc3c2)N1.CO. The predicted molar refractivity (Wildman–Crippen MR) is 123 cm³/mol. The van der Waals surface area contributed by atoms with Gasteiger partial charge in [-0.25, -0.2) is 10.4 Å². The van der Waals surface area contributed by atoms with Crippen LogP contribution in [0.5, 0.6) is 0 Å². The van der Waals surface area contributed by atoms with E-state index in [4.69, 9.17) is 15.9 Å². The summed E-state index contributed by atoms with van der Waals surface area (Å²) in [7, 11) is 1.00. The fourth-order valence-electron chi connectivity index (χ4n) is 3.32. The largest absolute Gasteiger partial charge is 0.400 e. The van der Waals surface area contributed by atoms with Gasteiger partial charge in [0.05, 0.1) is 5.52 Å². The van der Waals surface area contributed by atoms with Crippen LogP contribution in [0.4, 0.5) is 0 Å². The minimum absolute atomic E-state index is 0.0819. The van der Waals surface area contributed by atoms with Gasteiger partial charge in [-0.05, 0) is 42.3 Å². The normalized spacial score (nSPS) is 15.4. The first-order valence-corrected chi connectivity index (χ1v) is 9.83. The van der Waals surface area contributed by atoms with Crippen molar-refractivity contribution in [3.63, 3.8) is 0 Å². The highest BCUT2D eigenvalue weighted by Crippen LogP contribution is 2.24. The van der Waals surface area contributed by atoms with Gasteiger partial charge in [-0.2, -0.15) is 0 Å². The fraction of sp³-hybridized carbons (Fsp3) is 0.167. The van der Waals surface area contributed by atoms with Gasteiger partial charge in [-0.1, -0.05) is 36.4 Å². The number of hydrazine groups is 1. The maximum atomic E-state index is 10.9. The van der Waals surface area contributed by atoms with Gasteiger partial charge in [-0.3, -0.25) is 20.6 Å². The molecule has 0 fully saturated rings. The molecule has 2 heterocycles. The third-order valence-corrected chi connectivity index (χ3v) is 4.88. The zero-order chi connectivity index (χ0) is 22.4. The Kier molecular flexibility index (Phi) is 7.02. The number of aliphatic hydroxyl groups excluding tert-OH is 1. The summed E-state index contributed by atoms with van der Waals surface area (Å²) in [5, 5.41) is 25.9. The molecule has 7 nitrogen and oxygen atoms in total. The third-order valence-electron chi connectivity index (χ3n) is 4.88. The van der Waals surface area contributed by atoms with Crippen LogP contribution in [0.15, 0.2) is 66.9 Å². The van der Waals surface area contributed by atoms with Gasteiger partial charge in [0.2, 0.25) is 0 Å². The number of nitrogens with zero attached hydrogens (tertiary/aromatic N) is 2. The molecule has 1 unspecified atom stereocenters. The third kappa shape index (κ3) is 5.09. The molecule has 0 amide bonds. The summed E-state index contributed by atoms with van der Waals surface area (Å²) in [5.41, 5.74) is 7.60. The highest BCUT2D eigenvalue weighted by Gasteiger charge is 2.19. The molecule has 0 saturated carbocycles. The van der Waals surface area contributed by atoms with E-state index in [9.17, 15) is 4.79 Å². The van der Waals surface area contributed by atoms with Gasteiger partial charge in [0.1, 0.15) is 18.0 Å². The topological polar surface area (TPSA) is 113 Å². The van der Waals surface area contributed by atoms with Gasteiger partial charge in [0, 0.05) is 42.3 Å². The smallest absolute Gasteiger partial charge is 0.150 e. The average Bonchev–Trinajstić information content (AvgIpc) is 2.81. The molecule has 0 aliphatic carbocycles. The number of aromatic nitrogens is 1. The molecule has 1 aliphatic heterocycles. The van der Waals surface area contributed by atoms with Gasteiger partial charge >= 0.3 is 0 Å². The molecule has 1 aromatic heterocycles. The molecular formula is C24H25N5O2. The summed E-state index contributed by atoms with van der Waals surface area (Å²) in [5.74, 6) is 0.579. The number of fused-ring (bicyclic) bond motifs is 1. The average molecular weight is 415 g/mol. The number of rotatable bonds is 4. The fourth-order valence-corrected chi connectivity index (χ4v) is 3.32. The molecule has 0 spiro atoms. The van der Waals surface area contributed by atoms with Gasteiger partial charge in [-0.15, -0.1) is 0 Å². The van der Waals surface area contributed by atoms with Crippen LogP contribution in [0.1, 0.15) is 22.8 Å². The number of carbonyl (C=O) groups is 1. The summed E-state index contributed by atoms with van der Waals surface area (Å²) in [4.78, 5) is 15.4. The molecule has 7 heteroatoms. The van der Waals surface area contributed by atoms with Crippen molar-refractivity contribution in [3.8, 4) is 11.1 Å². The highest BCUT2D eigenvalue weighted by molar-refractivity contribution is 6.04. The lowest BCUT2D eigenvalue weighted by Gasteiger charge is -2.30. The van der Waals surface area contributed by atoms with E-state index >= 15 is 0 Å². The van der Waals surface area contributed by atoms with Crippen molar-refractivity contribution in [3.05, 3.63) is 78.0 Å². The molecule has 4 rings (SSSR count). The summed E-state index contributed by atoms with van der Waals surface area (Å²) in [6, 6.07) is 15.5. The van der Waals surface area contributed by atoms with Crippen LogP contribution in [0.25, 0.3) is 22.0 Å². The van der Waals surface area contributed by atoms with Crippen molar-refractivity contribution < 1.29 is 9.90 Å². The second-order valence-corrected chi connectivity index (χ2v) is 7.11. The first-order chi connectivity index (χ1) is 15.0. The molecule has 0 radical (unpaired) electrons. The lowest BCUT2D eigenvalue weighted by Crippen LogP contribution is -2.52. The molecule has 1 atom stereocenters. The van der Waals surface area contributed by atoms with E-state index in [0.717, 1.165) is 41.0 Å². The molecule has 3 aromatic rings. The number of carbonyl (C=O) groups excluding carboxylic acids is 1. The quantitative estimate of drug-likeness (QED) is 0.295. The zero-order valence-corrected chi connectivity index (χ0v) is 17.5. The van der Waals surface area contributed by atoms with Crippen LogP contribution in [0.2, 0.25) is 0 Å². The van der Waals surface area contributed by atoms with Crippen LogP contribution < -0.4 is 5.43 Å². The van der Waals surface area contributed by atoms with Gasteiger partial charge in [0.25, 0.3) is 0 Å². The summed E-state index contributed by atoms with van der Waals surface area (Å²) in [6.07, 6.45) is 6.67. The van der Waals surface area contributed by atoms with Crippen LogP contribution in [-0.2, 0) is 6.42 Å². The predicted octanol–water partition coefficient (Wildman–Crippen LogP) is 3.58. The van der Waals surface area contributed by atoms with Crippen molar-refractivity contribution in [2.24, 2.45) is 0 Å². The molecular weight excluding hydrogens is 390 g/mol. The molecule has 0 bridgehead atoms. The van der Waals surface area contributed by atoms with Crippen molar-refractivity contribution >= 4 is 28.9 Å². The number of benzene rings is 2. The number of amidine groups is 2. The van der Waals surface area contributed by atoms with E-state index in [1.54, 1.807) is 18.2 Å². The maximum Gasteiger partial charge on any atom is 0.150 e. The number of hydrogen-bond donors (Lipinski definition) is 4. The Morgan fingerprint density at radius 2 is 1.90 bits per heavy atom. The maximum absolute atomic E-state index is 10.9. The molecule has 31 heavy (non-hydrogen) atoms. The van der Waals surface area contributed by atoms with Crippen LogP contribution in [-0.4, -0.2) is 46.2 Å². The van der Waals surface area contributed by atoms with Crippen molar-refractivity contribution in [2.75, 3.05) is 7.11 Å². The molecule has 4 N–H and O–H groups in total. The monoisotopic (exact) mass is 415 g/mol. The minimum atomic E-state index is 0.0819. The lowest BCUT2D eigenvalue weighted by molar-refractivity contribution is 0.112. The molecule has 2 aromatic carbocycles. The second-order valence-electron chi connectivity index (χ2n) is 7.11. The van der Waals surface area contributed by atoms with E-state index in [1.165, 1.54) is 5.01 Å². The lowest BCUT2D eigenvalue weighted by atomic mass is 10.0. The summed E-state index contributed by atoms with van der Waals surface area (Å²) < 4.78 is 0. The number of aliphatic hydroxyl groups is 1. The number of aldehydes is 1. The van der Waals surface area contributed by atoms with E-state index in [2.05, 4.69) is 16.5 Å². The Balaban J connectivity index is 0.00000132. The van der Waals surface area contributed by atoms with E-state index in [1.807, 2.05) is 49.5 Å². The van der Waals surface area contributed by atoms with E-state index < -0.39 is 0 Å². The van der Waals surface area contributed by atoms with Crippen LogP contribution in [0, 0.1) is 10.8 Å². The molecule has 1 aliphatic rings. The van der Waals surface area contributed by atoms with Crippen LogP contribution in [0.3, 0.4) is 0 Å². The summed E-state index contributed by atoms with van der Waals surface area (Å²) >= 11 is 0. The molecule has 0 saturated heterocycles.